The Bertz CT molecular complexity index is 1040. The lowest BCUT2D eigenvalue weighted by Crippen LogP contribution is -2.40. The largest absolute Gasteiger partial charge is 0.484 e. The van der Waals surface area contributed by atoms with Gasteiger partial charge < -0.3 is 10.1 Å². The second kappa shape index (κ2) is 9.01. The van der Waals surface area contributed by atoms with E-state index in [1.54, 1.807) is 18.2 Å². The number of hydrogen-bond donors (Lipinski definition) is 2. The first-order valence-corrected chi connectivity index (χ1v) is 12.4. The minimum absolute atomic E-state index is 0.0709. The number of nitrogens with one attached hydrogen (secondary N) is 2. The van der Waals surface area contributed by atoms with E-state index in [2.05, 4.69) is 10.0 Å². The third-order valence-electron chi connectivity index (χ3n) is 6.58. The molecule has 2 fully saturated rings. The zero-order valence-electron chi connectivity index (χ0n) is 18.0. The zero-order chi connectivity index (χ0) is 22.0. The van der Waals surface area contributed by atoms with Gasteiger partial charge in [-0.1, -0.05) is 18.6 Å². The number of hydrogen-bond acceptors (Lipinski definition) is 4. The van der Waals surface area contributed by atoms with Gasteiger partial charge in [0.15, 0.2) is 6.61 Å². The Hall–Kier alpha value is -2.38. The van der Waals surface area contributed by atoms with Crippen LogP contribution in [0.25, 0.3) is 0 Å². The number of carbonyl (C=O) groups is 1. The van der Waals surface area contributed by atoms with Gasteiger partial charge in [0.05, 0.1) is 4.90 Å². The van der Waals surface area contributed by atoms with E-state index in [9.17, 15) is 13.2 Å². The first-order valence-electron chi connectivity index (χ1n) is 10.9. The van der Waals surface area contributed by atoms with Crippen molar-refractivity contribution in [1.82, 2.24) is 4.72 Å². The maximum absolute atomic E-state index is 12.8. The second-order valence-corrected chi connectivity index (χ2v) is 10.6. The van der Waals surface area contributed by atoms with Crippen LogP contribution in [-0.2, 0) is 14.8 Å². The van der Waals surface area contributed by atoms with Crippen LogP contribution >= 0.6 is 0 Å². The molecule has 7 heteroatoms. The summed E-state index contributed by atoms with van der Waals surface area (Å²) in [4.78, 5) is 12.3. The average molecular weight is 443 g/mol. The number of carbonyl (C=O) groups excluding carboxylic acids is 1. The molecule has 0 radical (unpaired) electrons. The molecule has 0 heterocycles. The highest BCUT2D eigenvalue weighted by Crippen LogP contribution is 2.49. The Balaban J connectivity index is 1.31. The van der Waals surface area contributed by atoms with E-state index in [0.717, 1.165) is 17.9 Å². The van der Waals surface area contributed by atoms with E-state index in [0.29, 0.717) is 23.3 Å². The second-order valence-electron chi connectivity index (χ2n) is 8.93. The van der Waals surface area contributed by atoms with Crippen LogP contribution < -0.4 is 14.8 Å². The summed E-state index contributed by atoms with van der Waals surface area (Å²) in [6.07, 6.45) is 4.90. The fraction of sp³-hybridized carbons (Fsp3) is 0.458. The SMILES string of the molecule is Cc1cccc(OCC(=O)Nc2ccc(S(=O)(=O)N[C@@H](C)[C@@H]3C[C@@H]4CC[C@@H]3C4)cc2)c1. The third kappa shape index (κ3) is 5.28. The van der Waals surface area contributed by atoms with E-state index >= 15 is 0 Å². The molecule has 2 aromatic rings. The third-order valence-corrected chi connectivity index (χ3v) is 8.16. The van der Waals surface area contributed by atoms with Crippen molar-refractivity contribution in [1.29, 1.82) is 0 Å². The monoisotopic (exact) mass is 442 g/mol. The molecule has 0 saturated heterocycles. The number of sulfonamides is 1. The highest BCUT2D eigenvalue weighted by atomic mass is 32.2. The van der Waals surface area contributed by atoms with Crippen LogP contribution in [-0.4, -0.2) is 27.0 Å². The van der Waals surface area contributed by atoms with Crippen molar-refractivity contribution in [3.05, 3.63) is 54.1 Å². The zero-order valence-corrected chi connectivity index (χ0v) is 18.8. The number of amides is 1. The standard InChI is InChI=1S/C24H30N2O4S/c1-16-4-3-5-21(12-16)30-15-24(27)25-20-8-10-22(11-9-20)31(28,29)26-17(2)23-14-18-6-7-19(23)13-18/h3-5,8-12,17-19,23,26H,6-7,13-15H2,1-2H3,(H,25,27)/t17-,18+,19+,23-/m0/s1. The molecule has 0 aromatic heterocycles. The molecular weight excluding hydrogens is 412 g/mol. The number of aryl methyl sites for hydroxylation is 1. The molecule has 0 unspecified atom stereocenters. The summed E-state index contributed by atoms with van der Waals surface area (Å²) in [5.41, 5.74) is 1.58. The van der Waals surface area contributed by atoms with E-state index in [1.807, 2.05) is 32.0 Å². The fourth-order valence-electron chi connectivity index (χ4n) is 5.07. The van der Waals surface area contributed by atoms with Crippen molar-refractivity contribution in [3.8, 4) is 5.75 Å². The summed E-state index contributed by atoms with van der Waals surface area (Å²) in [6, 6.07) is 13.6. The molecule has 2 saturated carbocycles. The maximum Gasteiger partial charge on any atom is 0.262 e. The summed E-state index contributed by atoms with van der Waals surface area (Å²) in [5, 5.41) is 2.73. The molecule has 2 aliphatic rings. The Kier molecular flexibility index (Phi) is 6.34. The number of benzene rings is 2. The van der Waals surface area contributed by atoms with Gasteiger partial charge in [-0.15, -0.1) is 0 Å². The summed E-state index contributed by atoms with van der Waals surface area (Å²) >= 11 is 0. The topological polar surface area (TPSA) is 84.5 Å². The van der Waals surface area contributed by atoms with Crippen LogP contribution in [0.4, 0.5) is 5.69 Å². The quantitative estimate of drug-likeness (QED) is 0.644. The van der Waals surface area contributed by atoms with Crippen LogP contribution in [0.1, 0.15) is 38.2 Å². The average Bonchev–Trinajstić information content (AvgIpc) is 3.36. The van der Waals surface area contributed by atoms with Crippen molar-refractivity contribution >= 4 is 21.6 Å². The smallest absolute Gasteiger partial charge is 0.262 e. The summed E-state index contributed by atoms with van der Waals surface area (Å²) in [6.45, 7) is 3.81. The lowest BCUT2D eigenvalue weighted by atomic mass is 9.84. The van der Waals surface area contributed by atoms with Crippen LogP contribution in [0.3, 0.4) is 0 Å². The van der Waals surface area contributed by atoms with Gasteiger partial charge in [0, 0.05) is 11.7 Å². The van der Waals surface area contributed by atoms with Crippen molar-refractivity contribution in [2.24, 2.45) is 17.8 Å². The van der Waals surface area contributed by atoms with E-state index in [-0.39, 0.29) is 23.5 Å². The molecule has 0 spiro atoms. The van der Waals surface area contributed by atoms with Gasteiger partial charge in [0.2, 0.25) is 10.0 Å². The molecule has 4 rings (SSSR count). The summed E-state index contributed by atoms with van der Waals surface area (Å²) < 4.78 is 34.0. The van der Waals surface area contributed by atoms with Gasteiger partial charge in [-0.05, 0) is 92.8 Å². The van der Waals surface area contributed by atoms with Crippen LogP contribution in [0.2, 0.25) is 0 Å². The lowest BCUT2D eigenvalue weighted by molar-refractivity contribution is -0.118. The number of rotatable bonds is 8. The van der Waals surface area contributed by atoms with Gasteiger partial charge in [0.25, 0.3) is 5.91 Å². The fourth-order valence-corrected chi connectivity index (χ4v) is 6.37. The Labute approximate surface area is 184 Å². The molecule has 2 aliphatic carbocycles. The normalized spacial score (nSPS) is 23.5. The lowest BCUT2D eigenvalue weighted by Gasteiger charge is -2.28. The van der Waals surface area contributed by atoms with Crippen molar-refractivity contribution in [3.63, 3.8) is 0 Å². The van der Waals surface area contributed by atoms with Gasteiger partial charge in [-0.2, -0.15) is 0 Å². The predicted molar refractivity (Wildman–Crippen MR) is 120 cm³/mol. The number of fused-ring (bicyclic) bond motifs is 2. The van der Waals surface area contributed by atoms with Crippen molar-refractivity contribution in [2.75, 3.05) is 11.9 Å². The molecule has 4 atom stereocenters. The van der Waals surface area contributed by atoms with E-state index < -0.39 is 10.0 Å². The van der Waals surface area contributed by atoms with Gasteiger partial charge >= 0.3 is 0 Å². The highest BCUT2D eigenvalue weighted by molar-refractivity contribution is 7.89. The van der Waals surface area contributed by atoms with Gasteiger partial charge in [-0.3, -0.25) is 4.79 Å². The Morgan fingerprint density at radius 2 is 1.90 bits per heavy atom. The number of ether oxygens (including phenoxy) is 1. The maximum atomic E-state index is 12.8. The van der Waals surface area contributed by atoms with Gasteiger partial charge in [-0.25, -0.2) is 13.1 Å². The molecule has 1 amide bonds. The number of anilines is 1. The summed E-state index contributed by atoms with van der Waals surface area (Å²) in [5.74, 6) is 2.19. The molecule has 6 nitrogen and oxygen atoms in total. The highest BCUT2D eigenvalue weighted by Gasteiger charge is 2.42. The summed E-state index contributed by atoms with van der Waals surface area (Å²) in [7, 11) is -3.60. The molecule has 0 aliphatic heterocycles. The van der Waals surface area contributed by atoms with Gasteiger partial charge in [0.1, 0.15) is 5.75 Å². The molecule has 31 heavy (non-hydrogen) atoms. The minimum atomic E-state index is -3.60. The predicted octanol–water partition coefficient (Wildman–Crippen LogP) is 4.12. The first-order chi connectivity index (χ1) is 14.8. The molecule has 2 aromatic carbocycles. The molecule has 2 N–H and O–H groups in total. The van der Waals surface area contributed by atoms with Crippen molar-refractivity contribution < 1.29 is 17.9 Å². The first kappa shape index (κ1) is 21.8. The molecule has 166 valence electrons. The van der Waals surface area contributed by atoms with Crippen LogP contribution in [0, 0.1) is 24.7 Å². The van der Waals surface area contributed by atoms with Crippen LogP contribution in [0.15, 0.2) is 53.4 Å². The minimum Gasteiger partial charge on any atom is -0.484 e. The van der Waals surface area contributed by atoms with E-state index in [4.69, 9.17) is 4.74 Å². The Morgan fingerprint density at radius 1 is 1.13 bits per heavy atom. The molecule has 2 bridgehead atoms. The van der Waals surface area contributed by atoms with Crippen molar-refractivity contribution in [2.45, 2.75) is 50.5 Å². The van der Waals surface area contributed by atoms with E-state index in [1.165, 1.54) is 31.4 Å². The Morgan fingerprint density at radius 3 is 2.55 bits per heavy atom. The molecular formula is C24H30N2O4S. The van der Waals surface area contributed by atoms with Crippen LogP contribution in [0.5, 0.6) is 5.75 Å².